The third kappa shape index (κ3) is 3.73. The third-order valence-electron chi connectivity index (χ3n) is 3.43. The van der Waals surface area contributed by atoms with Crippen molar-refractivity contribution in [1.29, 1.82) is 0 Å². The molecule has 0 amide bonds. The maximum absolute atomic E-state index is 9.21. The van der Waals surface area contributed by atoms with E-state index in [0.29, 0.717) is 12.5 Å². The average Bonchev–Trinajstić information content (AvgIpc) is 2.40. The first-order valence-electron chi connectivity index (χ1n) is 6.28. The van der Waals surface area contributed by atoms with Gasteiger partial charge in [0.1, 0.15) is 0 Å². The molecule has 1 aliphatic rings. The molecule has 1 saturated heterocycles. The van der Waals surface area contributed by atoms with Crippen LogP contribution in [-0.2, 0) is 6.54 Å². The van der Waals surface area contributed by atoms with E-state index in [1.165, 1.54) is 29.8 Å². The van der Waals surface area contributed by atoms with Gasteiger partial charge in [0.05, 0.1) is 0 Å². The first-order chi connectivity index (χ1) is 8.31. The summed E-state index contributed by atoms with van der Waals surface area (Å²) in [6.45, 7) is 3.56. The predicted molar refractivity (Wildman–Crippen MR) is 73.3 cm³/mol. The molecule has 0 spiro atoms. The van der Waals surface area contributed by atoms with E-state index in [1.54, 1.807) is 11.8 Å². The van der Waals surface area contributed by atoms with Crippen molar-refractivity contribution in [3.63, 3.8) is 0 Å². The van der Waals surface area contributed by atoms with Crippen molar-refractivity contribution in [2.24, 2.45) is 5.92 Å². The van der Waals surface area contributed by atoms with Crippen LogP contribution in [0.1, 0.15) is 18.4 Å². The van der Waals surface area contributed by atoms with Gasteiger partial charge >= 0.3 is 0 Å². The highest BCUT2D eigenvalue weighted by Gasteiger charge is 2.18. The second-order valence-electron chi connectivity index (χ2n) is 4.77. The fourth-order valence-electron chi connectivity index (χ4n) is 2.43. The van der Waals surface area contributed by atoms with Crippen molar-refractivity contribution in [3.05, 3.63) is 29.8 Å². The van der Waals surface area contributed by atoms with Gasteiger partial charge in [0, 0.05) is 24.6 Å². The zero-order chi connectivity index (χ0) is 12.1. The molecule has 0 saturated carbocycles. The fraction of sp³-hybridized carbons (Fsp3) is 0.571. The summed E-state index contributed by atoms with van der Waals surface area (Å²) in [4.78, 5) is 3.78. The van der Waals surface area contributed by atoms with Crippen molar-refractivity contribution >= 4 is 11.8 Å². The van der Waals surface area contributed by atoms with Gasteiger partial charge < -0.3 is 5.11 Å². The van der Waals surface area contributed by atoms with Crippen LogP contribution >= 0.6 is 11.8 Å². The summed E-state index contributed by atoms with van der Waals surface area (Å²) in [5.41, 5.74) is 1.38. The average molecular weight is 251 g/mol. The molecular formula is C14H21NOS. The van der Waals surface area contributed by atoms with Crippen molar-refractivity contribution in [2.45, 2.75) is 24.3 Å². The number of rotatable bonds is 4. The zero-order valence-corrected chi connectivity index (χ0v) is 11.2. The molecule has 0 aliphatic carbocycles. The van der Waals surface area contributed by atoms with E-state index in [-0.39, 0.29) is 0 Å². The lowest BCUT2D eigenvalue weighted by Crippen LogP contribution is -2.36. The van der Waals surface area contributed by atoms with Crippen molar-refractivity contribution < 1.29 is 5.11 Å². The highest BCUT2D eigenvalue weighted by atomic mass is 32.2. The van der Waals surface area contributed by atoms with Crippen LogP contribution in [0.25, 0.3) is 0 Å². The maximum Gasteiger partial charge on any atom is 0.0471 e. The molecule has 94 valence electrons. The van der Waals surface area contributed by atoms with Crippen LogP contribution in [0.3, 0.4) is 0 Å². The summed E-state index contributed by atoms with van der Waals surface area (Å²) in [6.07, 6.45) is 4.50. The molecule has 1 heterocycles. The molecule has 1 aliphatic heterocycles. The highest BCUT2D eigenvalue weighted by Crippen LogP contribution is 2.20. The summed E-state index contributed by atoms with van der Waals surface area (Å²) in [5.74, 6) is 0.481. The van der Waals surface area contributed by atoms with Gasteiger partial charge in [0.2, 0.25) is 0 Å². The van der Waals surface area contributed by atoms with Crippen molar-refractivity contribution in [3.8, 4) is 0 Å². The first-order valence-corrected chi connectivity index (χ1v) is 7.50. The fourth-order valence-corrected chi connectivity index (χ4v) is 2.84. The second kappa shape index (κ2) is 6.43. The number of thioether (sulfide) groups is 1. The topological polar surface area (TPSA) is 23.5 Å². The standard InChI is InChI=1S/C14H21NOS/c1-17-14-6-4-12(5-7-14)9-15-8-2-3-13(10-15)11-16/h4-7,13,16H,2-3,8-11H2,1H3/t13-/m1/s1. The molecule has 0 aromatic heterocycles. The number of aliphatic hydroxyl groups is 1. The van der Waals surface area contributed by atoms with Gasteiger partial charge in [-0.05, 0) is 49.3 Å². The Morgan fingerprint density at radius 2 is 2.12 bits per heavy atom. The molecule has 0 unspecified atom stereocenters. The molecule has 1 aromatic carbocycles. The Hall–Kier alpha value is -0.510. The van der Waals surface area contributed by atoms with E-state index in [9.17, 15) is 5.11 Å². The Kier molecular flexibility index (Phi) is 4.89. The van der Waals surface area contributed by atoms with Crippen molar-refractivity contribution in [2.75, 3.05) is 26.0 Å². The van der Waals surface area contributed by atoms with E-state index in [4.69, 9.17) is 0 Å². The van der Waals surface area contributed by atoms with Gasteiger partial charge in [-0.1, -0.05) is 12.1 Å². The van der Waals surface area contributed by atoms with Crippen LogP contribution < -0.4 is 0 Å². The number of likely N-dealkylation sites (tertiary alicyclic amines) is 1. The molecular weight excluding hydrogens is 230 g/mol. The Bertz CT molecular complexity index is 339. The van der Waals surface area contributed by atoms with E-state index in [0.717, 1.165) is 13.1 Å². The number of benzene rings is 1. The van der Waals surface area contributed by atoms with Gasteiger partial charge in [-0.15, -0.1) is 11.8 Å². The Morgan fingerprint density at radius 1 is 1.35 bits per heavy atom. The predicted octanol–water partition coefficient (Wildman–Crippen LogP) is 2.61. The number of hydrogen-bond acceptors (Lipinski definition) is 3. The summed E-state index contributed by atoms with van der Waals surface area (Å²) in [5, 5.41) is 9.21. The number of piperidine rings is 1. The second-order valence-corrected chi connectivity index (χ2v) is 5.65. The zero-order valence-electron chi connectivity index (χ0n) is 10.4. The number of hydrogen-bond donors (Lipinski definition) is 1. The normalized spacial score (nSPS) is 21.6. The van der Waals surface area contributed by atoms with E-state index in [2.05, 4.69) is 35.4 Å². The molecule has 1 aromatic rings. The molecule has 1 N–H and O–H groups in total. The van der Waals surface area contributed by atoms with Gasteiger partial charge in [-0.25, -0.2) is 0 Å². The molecule has 2 nitrogen and oxygen atoms in total. The quantitative estimate of drug-likeness (QED) is 0.832. The third-order valence-corrected chi connectivity index (χ3v) is 4.17. The van der Waals surface area contributed by atoms with E-state index in [1.807, 2.05) is 0 Å². The van der Waals surface area contributed by atoms with Crippen LogP contribution in [0.2, 0.25) is 0 Å². The maximum atomic E-state index is 9.21. The lowest BCUT2D eigenvalue weighted by atomic mass is 9.98. The van der Waals surface area contributed by atoms with Crippen molar-refractivity contribution in [1.82, 2.24) is 4.90 Å². The minimum absolute atomic E-state index is 0.335. The molecule has 1 atom stereocenters. The van der Waals surface area contributed by atoms with Gasteiger partial charge in [-0.3, -0.25) is 4.90 Å². The largest absolute Gasteiger partial charge is 0.396 e. The lowest BCUT2D eigenvalue weighted by Gasteiger charge is -2.31. The Balaban J connectivity index is 1.90. The number of aliphatic hydroxyl groups excluding tert-OH is 1. The Morgan fingerprint density at radius 3 is 2.76 bits per heavy atom. The van der Waals surface area contributed by atoms with Gasteiger partial charge in [0.15, 0.2) is 0 Å². The smallest absolute Gasteiger partial charge is 0.0471 e. The van der Waals surface area contributed by atoms with Crippen LogP contribution in [0.5, 0.6) is 0 Å². The number of nitrogens with zero attached hydrogens (tertiary/aromatic N) is 1. The molecule has 0 bridgehead atoms. The Labute approximate surface area is 108 Å². The lowest BCUT2D eigenvalue weighted by molar-refractivity contribution is 0.116. The minimum Gasteiger partial charge on any atom is -0.396 e. The van der Waals surface area contributed by atoms with Crippen LogP contribution in [0, 0.1) is 5.92 Å². The van der Waals surface area contributed by atoms with Crippen LogP contribution in [-0.4, -0.2) is 36.0 Å². The monoisotopic (exact) mass is 251 g/mol. The SMILES string of the molecule is CSc1ccc(CN2CCC[C@@H](CO)C2)cc1. The molecule has 1 fully saturated rings. The summed E-state index contributed by atoms with van der Waals surface area (Å²) in [7, 11) is 0. The van der Waals surface area contributed by atoms with Crippen LogP contribution in [0.15, 0.2) is 29.2 Å². The molecule has 2 rings (SSSR count). The highest BCUT2D eigenvalue weighted by molar-refractivity contribution is 7.98. The van der Waals surface area contributed by atoms with Gasteiger partial charge in [-0.2, -0.15) is 0 Å². The minimum atomic E-state index is 0.335. The summed E-state index contributed by atoms with van der Waals surface area (Å²) >= 11 is 1.78. The van der Waals surface area contributed by atoms with Crippen LogP contribution in [0.4, 0.5) is 0 Å². The first kappa shape index (κ1) is 12.9. The van der Waals surface area contributed by atoms with E-state index >= 15 is 0 Å². The summed E-state index contributed by atoms with van der Waals surface area (Å²) < 4.78 is 0. The van der Waals surface area contributed by atoms with Gasteiger partial charge in [0.25, 0.3) is 0 Å². The molecule has 17 heavy (non-hydrogen) atoms. The molecule has 0 radical (unpaired) electrons. The van der Waals surface area contributed by atoms with E-state index < -0.39 is 0 Å². The summed E-state index contributed by atoms with van der Waals surface area (Å²) in [6, 6.07) is 8.81. The molecule has 3 heteroatoms.